The van der Waals surface area contributed by atoms with Crippen LogP contribution < -0.4 is 5.32 Å². The van der Waals surface area contributed by atoms with Crippen LogP contribution in [-0.2, 0) is 18.4 Å². The fourth-order valence-electron chi connectivity index (χ4n) is 1.20. The van der Waals surface area contributed by atoms with Gasteiger partial charge in [0.1, 0.15) is 5.82 Å². The Hall–Kier alpha value is -1.08. The molecule has 0 saturated carbocycles. The number of aromatic nitrogens is 3. The molecule has 1 amide bonds. The average Bonchev–Trinajstić information content (AvgIpc) is 2.67. The van der Waals surface area contributed by atoms with Crippen LogP contribution in [0.15, 0.2) is 5.16 Å². The third-order valence-electron chi connectivity index (χ3n) is 2.48. The summed E-state index contributed by atoms with van der Waals surface area (Å²) in [7, 11) is 5.57. The van der Waals surface area contributed by atoms with Gasteiger partial charge in [0.05, 0.1) is 12.3 Å². The standard InChI is InChI=1S/C10H19N5OS/c1-5-14(3)9(16)7-17-10-13-12-8(6-11-2)15(10)4/h11H,5-7H2,1-4H3. The highest BCUT2D eigenvalue weighted by atomic mass is 32.2. The molecule has 96 valence electrons. The normalized spacial score (nSPS) is 10.6. The monoisotopic (exact) mass is 257 g/mol. The Morgan fingerprint density at radius 1 is 1.53 bits per heavy atom. The molecule has 1 aromatic heterocycles. The van der Waals surface area contributed by atoms with E-state index in [9.17, 15) is 4.79 Å². The summed E-state index contributed by atoms with van der Waals surface area (Å²) in [6.45, 7) is 3.35. The van der Waals surface area contributed by atoms with Gasteiger partial charge in [-0.05, 0) is 14.0 Å². The fraction of sp³-hybridized carbons (Fsp3) is 0.700. The summed E-state index contributed by atoms with van der Waals surface area (Å²) in [5.74, 6) is 1.37. The molecule has 0 aromatic carbocycles. The summed E-state index contributed by atoms with van der Waals surface area (Å²) in [5, 5.41) is 11.9. The zero-order valence-corrected chi connectivity index (χ0v) is 11.5. The van der Waals surface area contributed by atoms with E-state index < -0.39 is 0 Å². The van der Waals surface area contributed by atoms with Crippen LogP contribution in [0.1, 0.15) is 12.7 Å². The molecule has 0 atom stereocenters. The minimum absolute atomic E-state index is 0.107. The molecule has 6 nitrogen and oxygen atoms in total. The van der Waals surface area contributed by atoms with Gasteiger partial charge < -0.3 is 14.8 Å². The van der Waals surface area contributed by atoms with Gasteiger partial charge in [-0.1, -0.05) is 11.8 Å². The third kappa shape index (κ3) is 3.71. The Labute approximate surface area is 106 Å². The van der Waals surface area contributed by atoms with E-state index in [4.69, 9.17) is 0 Å². The number of rotatable bonds is 6. The molecule has 0 unspecified atom stereocenters. The van der Waals surface area contributed by atoms with E-state index >= 15 is 0 Å². The highest BCUT2D eigenvalue weighted by molar-refractivity contribution is 7.99. The van der Waals surface area contributed by atoms with E-state index in [1.54, 1.807) is 11.9 Å². The highest BCUT2D eigenvalue weighted by Crippen LogP contribution is 2.15. The van der Waals surface area contributed by atoms with Crippen LogP contribution in [0.25, 0.3) is 0 Å². The molecule has 0 spiro atoms. The van der Waals surface area contributed by atoms with Crippen molar-refractivity contribution < 1.29 is 4.79 Å². The van der Waals surface area contributed by atoms with Gasteiger partial charge in [-0.3, -0.25) is 4.79 Å². The van der Waals surface area contributed by atoms with Crippen LogP contribution in [0, 0.1) is 0 Å². The van der Waals surface area contributed by atoms with Crippen molar-refractivity contribution in [3.8, 4) is 0 Å². The molecule has 1 rings (SSSR count). The number of hydrogen-bond donors (Lipinski definition) is 1. The predicted octanol–water partition coefficient (Wildman–Crippen LogP) is 0.105. The summed E-state index contributed by atoms with van der Waals surface area (Å²) in [6, 6.07) is 0. The van der Waals surface area contributed by atoms with Crippen molar-refractivity contribution in [1.82, 2.24) is 25.0 Å². The number of thioether (sulfide) groups is 1. The first-order chi connectivity index (χ1) is 8.10. The van der Waals surface area contributed by atoms with E-state index in [1.165, 1.54) is 11.8 Å². The molecule has 1 N–H and O–H groups in total. The first-order valence-corrected chi connectivity index (χ1v) is 6.48. The Bertz CT molecular complexity index is 379. The minimum atomic E-state index is 0.107. The molecule has 0 fully saturated rings. The smallest absolute Gasteiger partial charge is 0.232 e. The van der Waals surface area contributed by atoms with Gasteiger partial charge in [-0.2, -0.15) is 0 Å². The summed E-state index contributed by atoms with van der Waals surface area (Å²) in [4.78, 5) is 13.3. The Kier molecular flexibility index (Phi) is 5.43. The van der Waals surface area contributed by atoms with Crippen LogP contribution in [0.2, 0.25) is 0 Å². The maximum absolute atomic E-state index is 11.6. The first kappa shape index (κ1) is 14.0. The van der Waals surface area contributed by atoms with Crippen molar-refractivity contribution in [1.29, 1.82) is 0 Å². The molecule has 0 aliphatic heterocycles. The van der Waals surface area contributed by atoms with Crippen LogP contribution >= 0.6 is 11.8 Å². The second-order valence-electron chi connectivity index (χ2n) is 3.68. The highest BCUT2D eigenvalue weighted by Gasteiger charge is 2.12. The molecule has 0 aliphatic carbocycles. The summed E-state index contributed by atoms with van der Waals surface area (Å²) in [6.07, 6.45) is 0. The Balaban J connectivity index is 2.55. The fourth-order valence-corrected chi connectivity index (χ4v) is 2.07. The summed E-state index contributed by atoms with van der Waals surface area (Å²) >= 11 is 1.42. The van der Waals surface area contributed by atoms with Gasteiger partial charge in [0.25, 0.3) is 0 Å². The van der Waals surface area contributed by atoms with E-state index in [0.717, 1.165) is 17.5 Å². The molecule has 7 heteroatoms. The zero-order chi connectivity index (χ0) is 12.8. The average molecular weight is 257 g/mol. The quantitative estimate of drug-likeness (QED) is 0.733. The molecule has 0 saturated heterocycles. The molecule has 0 bridgehead atoms. The second-order valence-corrected chi connectivity index (χ2v) is 4.63. The molecule has 1 aromatic rings. The van der Waals surface area contributed by atoms with Gasteiger partial charge in [-0.25, -0.2) is 0 Å². The van der Waals surface area contributed by atoms with E-state index in [0.29, 0.717) is 12.3 Å². The molecule has 0 radical (unpaired) electrons. The zero-order valence-electron chi connectivity index (χ0n) is 10.7. The summed E-state index contributed by atoms with van der Waals surface area (Å²) < 4.78 is 1.90. The van der Waals surface area contributed by atoms with Crippen LogP contribution in [-0.4, -0.2) is 52.0 Å². The lowest BCUT2D eigenvalue weighted by molar-refractivity contribution is -0.126. The van der Waals surface area contributed by atoms with Crippen molar-refractivity contribution in [2.75, 3.05) is 26.4 Å². The van der Waals surface area contributed by atoms with Crippen LogP contribution in [0.5, 0.6) is 0 Å². The van der Waals surface area contributed by atoms with Gasteiger partial charge in [0, 0.05) is 20.6 Å². The van der Waals surface area contributed by atoms with Crippen LogP contribution in [0.3, 0.4) is 0 Å². The second kappa shape index (κ2) is 6.61. The Morgan fingerprint density at radius 2 is 2.24 bits per heavy atom. The maximum atomic E-state index is 11.6. The van der Waals surface area contributed by atoms with Gasteiger partial charge in [0.2, 0.25) is 5.91 Å². The number of nitrogens with zero attached hydrogens (tertiary/aromatic N) is 4. The molecular formula is C10H19N5OS. The number of hydrogen-bond acceptors (Lipinski definition) is 5. The lowest BCUT2D eigenvalue weighted by Gasteiger charge is -2.13. The lowest BCUT2D eigenvalue weighted by atomic mass is 10.5. The van der Waals surface area contributed by atoms with E-state index in [2.05, 4.69) is 15.5 Å². The van der Waals surface area contributed by atoms with Gasteiger partial charge in [0.15, 0.2) is 5.16 Å². The molecule has 0 aliphatic rings. The minimum Gasteiger partial charge on any atom is -0.345 e. The number of carbonyl (C=O) groups is 1. The predicted molar refractivity (Wildman–Crippen MR) is 67.8 cm³/mol. The first-order valence-electron chi connectivity index (χ1n) is 5.49. The van der Waals surface area contributed by atoms with Gasteiger partial charge in [-0.15, -0.1) is 10.2 Å². The van der Waals surface area contributed by atoms with Crippen molar-refractivity contribution in [3.05, 3.63) is 5.82 Å². The SMILES string of the molecule is CCN(C)C(=O)CSc1nnc(CNC)n1C. The number of nitrogens with one attached hydrogen (secondary N) is 1. The largest absolute Gasteiger partial charge is 0.345 e. The van der Waals surface area contributed by atoms with Crippen LogP contribution in [0.4, 0.5) is 0 Å². The third-order valence-corrected chi connectivity index (χ3v) is 3.49. The van der Waals surface area contributed by atoms with Gasteiger partial charge >= 0.3 is 0 Å². The van der Waals surface area contributed by atoms with Crippen molar-refractivity contribution in [2.24, 2.45) is 7.05 Å². The van der Waals surface area contributed by atoms with Crippen molar-refractivity contribution in [3.63, 3.8) is 0 Å². The van der Waals surface area contributed by atoms with Crippen molar-refractivity contribution >= 4 is 17.7 Å². The van der Waals surface area contributed by atoms with E-state index in [1.807, 2.05) is 25.6 Å². The topological polar surface area (TPSA) is 63.1 Å². The maximum Gasteiger partial charge on any atom is 0.232 e. The number of carbonyl (C=O) groups excluding carboxylic acids is 1. The van der Waals surface area contributed by atoms with E-state index in [-0.39, 0.29) is 5.91 Å². The molecular weight excluding hydrogens is 238 g/mol. The Morgan fingerprint density at radius 3 is 2.82 bits per heavy atom. The lowest BCUT2D eigenvalue weighted by Crippen LogP contribution is -2.27. The molecule has 17 heavy (non-hydrogen) atoms. The summed E-state index contributed by atoms with van der Waals surface area (Å²) in [5.41, 5.74) is 0. The van der Waals surface area contributed by atoms with Crippen molar-refractivity contribution in [2.45, 2.75) is 18.6 Å². The number of amides is 1. The molecule has 1 heterocycles.